The van der Waals surface area contributed by atoms with E-state index >= 15 is 0 Å². The number of amides is 2. The molecular weight excluding hydrogens is 354 g/mol. The van der Waals surface area contributed by atoms with Crippen LogP contribution >= 0.6 is 11.6 Å². The lowest BCUT2D eigenvalue weighted by Crippen LogP contribution is -2.48. The van der Waals surface area contributed by atoms with Gasteiger partial charge in [-0.1, -0.05) is 11.6 Å². The number of carbonyl (C=O) groups excluding carboxylic acids is 1. The molecule has 3 heterocycles. The first-order valence-corrected chi connectivity index (χ1v) is 9.51. The number of ether oxygens (including phenoxy) is 1. The molecule has 2 amide bonds. The fourth-order valence-electron chi connectivity index (χ4n) is 2.74. The second kappa shape index (κ2) is 10.7. The van der Waals surface area contributed by atoms with Crippen LogP contribution in [0, 0.1) is 0 Å². The van der Waals surface area contributed by atoms with Crippen LogP contribution < -0.4 is 5.32 Å². The summed E-state index contributed by atoms with van der Waals surface area (Å²) in [6.07, 6.45) is 1.52. The summed E-state index contributed by atoms with van der Waals surface area (Å²) in [7, 11) is 2.05. The van der Waals surface area contributed by atoms with Crippen molar-refractivity contribution in [2.24, 2.45) is 0 Å². The number of hydrogen-bond acceptors (Lipinski definition) is 5. The van der Waals surface area contributed by atoms with Gasteiger partial charge in [0.15, 0.2) is 0 Å². The molecular formula is C18H30ClN5O2. The lowest BCUT2D eigenvalue weighted by atomic mass is 10.3. The van der Waals surface area contributed by atoms with Gasteiger partial charge in [-0.3, -0.25) is 10.2 Å². The molecule has 0 unspecified atom stereocenters. The Kier molecular flexibility index (Phi) is 8.58. The Morgan fingerprint density at radius 1 is 1.15 bits per heavy atom. The zero-order valence-electron chi connectivity index (χ0n) is 15.9. The molecule has 26 heavy (non-hydrogen) atoms. The average molecular weight is 384 g/mol. The first kappa shape index (κ1) is 20.9. The van der Waals surface area contributed by atoms with E-state index in [0.717, 1.165) is 52.5 Å². The van der Waals surface area contributed by atoms with Gasteiger partial charge in [-0.25, -0.2) is 9.78 Å². The van der Waals surface area contributed by atoms with Crippen molar-refractivity contribution in [3.8, 4) is 0 Å². The molecule has 3 rings (SSSR count). The normalized spacial score (nSPS) is 19.0. The average Bonchev–Trinajstić information content (AvgIpc) is 2.65. The summed E-state index contributed by atoms with van der Waals surface area (Å²) < 4.78 is 5.21. The highest BCUT2D eigenvalue weighted by Crippen LogP contribution is 2.10. The second-order valence-corrected chi connectivity index (χ2v) is 7.26. The van der Waals surface area contributed by atoms with Gasteiger partial charge in [-0.15, -0.1) is 0 Å². The van der Waals surface area contributed by atoms with Gasteiger partial charge in [-0.05, 0) is 33.0 Å². The molecule has 2 aliphatic heterocycles. The predicted molar refractivity (Wildman–Crippen MR) is 105 cm³/mol. The van der Waals surface area contributed by atoms with Gasteiger partial charge in [0.2, 0.25) is 0 Å². The summed E-state index contributed by atoms with van der Waals surface area (Å²) in [6, 6.07) is 3.98. The molecule has 0 saturated carbocycles. The highest BCUT2D eigenvalue weighted by molar-refractivity contribution is 6.30. The van der Waals surface area contributed by atoms with Crippen molar-refractivity contribution in [1.29, 1.82) is 0 Å². The van der Waals surface area contributed by atoms with Crippen molar-refractivity contribution in [3.63, 3.8) is 0 Å². The van der Waals surface area contributed by atoms with Crippen LogP contribution in [0.3, 0.4) is 0 Å². The van der Waals surface area contributed by atoms with Crippen LogP contribution in [-0.2, 0) is 4.74 Å². The maximum Gasteiger partial charge on any atom is 0.323 e. The highest BCUT2D eigenvalue weighted by Gasteiger charge is 2.19. The van der Waals surface area contributed by atoms with Gasteiger partial charge in [0.1, 0.15) is 5.82 Å². The van der Waals surface area contributed by atoms with Crippen LogP contribution in [0.4, 0.5) is 10.6 Å². The SMILES string of the molecule is CC(C)N1CCOCC1.CN1CCN(C(=O)Nc2ccc(Cl)cn2)CC1. The minimum Gasteiger partial charge on any atom is -0.379 e. The van der Waals surface area contributed by atoms with E-state index in [2.05, 4.69) is 41.0 Å². The van der Waals surface area contributed by atoms with Crippen molar-refractivity contribution in [2.75, 3.05) is 64.8 Å². The molecule has 2 aliphatic rings. The Morgan fingerprint density at radius 3 is 2.31 bits per heavy atom. The quantitative estimate of drug-likeness (QED) is 0.848. The molecule has 1 N–H and O–H groups in total. The Hall–Kier alpha value is -1.41. The highest BCUT2D eigenvalue weighted by atomic mass is 35.5. The fraction of sp³-hybridized carbons (Fsp3) is 0.667. The van der Waals surface area contributed by atoms with E-state index in [0.29, 0.717) is 16.9 Å². The van der Waals surface area contributed by atoms with Crippen LogP contribution in [-0.4, -0.2) is 91.3 Å². The first-order valence-electron chi connectivity index (χ1n) is 9.13. The number of carbonyl (C=O) groups is 1. The third kappa shape index (κ3) is 7.07. The van der Waals surface area contributed by atoms with E-state index in [1.54, 1.807) is 17.0 Å². The standard InChI is InChI=1S/C11H15ClN4O.C7H15NO/c1-15-4-6-16(7-5-15)11(17)14-10-3-2-9(12)8-13-10;1-7(2)8-3-5-9-6-4-8/h2-3,8H,4-7H2,1H3,(H,13,14,17);7H,3-6H2,1-2H3. The molecule has 0 aliphatic carbocycles. The minimum atomic E-state index is -0.104. The maximum absolute atomic E-state index is 11.9. The number of nitrogens with one attached hydrogen (secondary N) is 1. The number of pyridine rings is 1. The molecule has 1 aromatic rings. The molecule has 0 atom stereocenters. The molecule has 2 fully saturated rings. The summed E-state index contributed by atoms with van der Waals surface area (Å²) in [5, 5.41) is 3.31. The number of urea groups is 1. The van der Waals surface area contributed by atoms with Crippen LogP contribution in [0.1, 0.15) is 13.8 Å². The van der Waals surface area contributed by atoms with E-state index in [1.165, 1.54) is 6.20 Å². The smallest absolute Gasteiger partial charge is 0.323 e. The number of aromatic nitrogens is 1. The number of likely N-dealkylation sites (N-methyl/N-ethyl adjacent to an activating group) is 1. The van der Waals surface area contributed by atoms with Gasteiger partial charge in [-0.2, -0.15) is 0 Å². The molecule has 0 spiro atoms. The molecule has 0 aromatic carbocycles. The first-order chi connectivity index (χ1) is 12.5. The van der Waals surface area contributed by atoms with E-state index < -0.39 is 0 Å². The molecule has 0 bridgehead atoms. The lowest BCUT2D eigenvalue weighted by molar-refractivity contribution is 0.0238. The number of hydrogen-bond donors (Lipinski definition) is 1. The van der Waals surface area contributed by atoms with Crippen LogP contribution in [0.5, 0.6) is 0 Å². The zero-order chi connectivity index (χ0) is 18.9. The Balaban J connectivity index is 0.000000228. The monoisotopic (exact) mass is 383 g/mol. The number of morpholine rings is 1. The van der Waals surface area contributed by atoms with Crippen molar-refractivity contribution < 1.29 is 9.53 Å². The van der Waals surface area contributed by atoms with Crippen molar-refractivity contribution >= 4 is 23.4 Å². The third-order valence-electron chi connectivity index (χ3n) is 4.53. The van der Waals surface area contributed by atoms with Crippen LogP contribution in [0.25, 0.3) is 0 Å². The van der Waals surface area contributed by atoms with E-state index in [-0.39, 0.29) is 6.03 Å². The molecule has 7 nitrogen and oxygen atoms in total. The number of halogens is 1. The second-order valence-electron chi connectivity index (χ2n) is 6.82. The van der Waals surface area contributed by atoms with Crippen molar-refractivity contribution in [3.05, 3.63) is 23.4 Å². The van der Waals surface area contributed by atoms with Crippen molar-refractivity contribution in [2.45, 2.75) is 19.9 Å². The predicted octanol–water partition coefficient (Wildman–Crippen LogP) is 2.24. The Bertz CT molecular complexity index is 541. The van der Waals surface area contributed by atoms with E-state index in [4.69, 9.17) is 16.3 Å². The topological polar surface area (TPSA) is 60.9 Å². The Morgan fingerprint density at radius 2 is 1.81 bits per heavy atom. The van der Waals surface area contributed by atoms with Gasteiger partial charge < -0.3 is 14.5 Å². The number of nitrogens with zero attached hydrogens (tertiary/aromatic N) is 4. The fourth-order valence-corrected chi connectivity index (χ4v) is 2.85. The third-order valence-corrected chi connectivity index (χ3v) is 4.75. The van der Waals surface area contributed by atoms with Gasteiger partial charge >= 0.3 is 6.03 Å². The van der Waals surface area contributed by atoms with Crippen LogP contribution in [0.15, 0.2) is 18.3 Å². The van der Waals surface area contributed by atoms with E-state index in [1.807, 2.05) is 0 Å². The summed E-state index contributed by atoms with van der Waals surface area (Å²) in [4.78, 5) is 22.3. The van der Waals surface area contributed by atoms with Gasteiger partial charge in [0, 0.05) is 51.5 Å². The maximum atomic E-state index is 11.9. The largest absolute Gasteiger partial charge is 0.379 e. The number of rotatable bonds is 2. The zero-order valence-corrected chi connectivity index (χ0v) is 16.7. The summed E-state index contributed by atoms with van der Waals surface area (Å²) >= 11 is 5.72. The summed E-state index contributed by atoms with van der Waals surface area (Å²) in [5.74, 6) is 0.526. The summed E-state index contributed by atoms with van der Waals surface area (Å²) in [5.41, 5.74) is 0. The molecule has 2 saturated heterocycles. The summed E-state index contributed by atoms with van der Waals surface area (Å²) in [6.45, 7) is 11.8. The van der Waals surface area contributed by atoms with Gasteiger partial charge in [0.05, 0.1) is 18.2 Å². The molecule has 8 heteroatoms. The van der Waals surface area contributed by atoms with E-state index in [9.17, 15) is 4.79 Å². The molecule has 0 radical (unpaired) electrons. The van der Waals surface area contributed by atoms with Crippen LogP contribution in [0.2, 0.25) is 5.02 Å². The Labute approximate surface area is 161 Å². The molecule has 146 valence electrons. The number of anilines is 1. The number of piperazine rings is 1. The van der Waals surface area contributed by atoms with Gasteiger partial charge in [0.25, 0.3) is 0 Å². The molecule has 1 aromatic heterocycles. The lowest BCUT2D eigenvalue weighted by Gasteiger charge is -2.32. The van der Waals surface area contributed by atoms with Crippen molar-refractivity contribution in [1.82, 2.24) is 19.7 Å². The minimum absolute atomic E-state index is 0.104.